The molecular weight excluding hydrogens is 473 g/mol. The molecule has 4 bridgehead atoms. The number of carbonyl (C=O) groups excluding carboxylic acids is 1. The summed E-state index contributed by atoms with van der Waals surface area (Å²) in [6.07, 6.45) is 8.63. The molecular formula is C25H27F3N6O2. The summed E-state index contributed by atoms with van der Waals surface area (Å²) in [5.41, 5.74) is 0.594. The molecule has 0 aromatic carbocycles. The Morgan fingerprint density at radius 2 is 1.81 bits per heavy atom. The van der Waals surface area contributed by atoms with Gasteiger partial charge in [-0.3, -0.25) is 9.48 Å². The Hall–Kier alpha value is -3.24. The molecule has 2 atom stereocenters. The molecule has 8 rings (SSSR count). The first kappa shape index (κ1) is 22.0. The van der Waals surface area contributed by atoms with Gasteiger partial charge >= 0.3 is 6.18 Å². The summed E-state index contributed by atoms with van der Waals surface area (Å²) < 4.78 is 49.9. The summed E-state index contributed by atoms with van der Waals surface area (Å²) in [6.45, 7) is 0. The second kappa shape index (κ2) is 7.63. The molecule has 2 N–H and O–H groups in total. The number of nitrogens with one attached hydrogen (secondary N) is 2. The van der Waals surface area contributed by atoms with Crippen LogP contribution in [0.4, 0.5) is 24.7 Å². The largest absolute Gasteiger partial charge is 0.467 e. The van der Waals surface area contributed by atoms with Crippen molar-refractivity contribution in [3.63, 3.8) is 0 Å². The van der Waals surface area contributed by atoms with E-state index in [1.54, 1.807) is 18.3 Å². The molecule has 0 spiro atoms. The number of furan rings is 1. The van der Waals surface area contributed by atoms with Crippen molar-refractivity contribution in [2.45, 2.75) is 68.7 Å². The maximum atomic E-state index is 13.9. The first-order valence-electron chi connectivity index (χ1n) is 12.6. The van der Waals surface area contributed by atoms with Crippen molar-refractivity contribution in [3.05, 3.63) is 48.3 Å². The average Bonchev–Trinajstić information content (AvgIpc) is 3.57. The van der Waals surface area contributed by atoms with Gasteiger partial charge in [0.15, 0.2) is 6.04 Å². The Balaban J connectivity index is 1.14. The highest BCUT2D eigenvalue weighted by molar-refractivity contribution is 6.07. The van der Waals surface area contributed by atoms with Crippen LogP contribution in [0.3, 0.4) is 0 Å². The molecule has 3 aromatic rings. The van der Waals surface area contributed by atoms with E-state index in [0.29, 0.717) is 11.4 Å². The smallest absolute Gasteiger partial charge is 0.410 e. The normalized spacial score (nSPS) is 32.8. The van der Waals surface area contributed by atoms with Gasteiger partial charge in [-0.2, -0.15) is 23.4 Å². The number of fused-ring (bicyclic) bond motifs is 1. The van der Waals surface area contributed by atoms with Crippen LogP contribution in [0, 0.1) is 17.8 Å². The lowest BCUT2D eigenvalue weighted by molar-refractivity contribution is -0.174. The van der Waals surface area contributed by atoms with Crippen molar-refractivity contribution in [1.82, 2.24) is 19.6 Å². The highest BCUT2D eigenvalue weighted by Crippen LogP contribution is 2.58. The van der Waals surface area contributed by atoms with Gasteiger partial charge in [0.2, 0.25) is 0 Å². The first-order valence-corrected chi connectivity index (χ1v) is 12.6. The van der Waals surface area contributed by atoms with E-state index in [4.69, 9.17) is 4.42 Å². The standard InChI is InChI=1S/C25H27F3N6O2/c26-25(27,28)21-7-19(20-2-1-3-36-20)32-22-18(12-30-34(21)22)23(35)31-17-11-29-33(13-17)24-8-14-4-15(9-24)6-16(5-14)10-24/h1-3,11-16,19,21,32H,4-10H2,(H,31,35)/t14?,15?,16?,19-,21+,24?/m0/s1. The molecule has 1 amide bonds. The van der Waals surface area contributed by atoms with Crippen molar-refractivity contribution in [1.29, 1.82) is 0 Å². The quantitative estimate of drug-likeness (QED) is 0.493. The molecule has 4 fully saturated rings. The number of alkyl halides is 3. The van der Waals surface area contributed by atoms with Gasteiger partial charge in [-0.25, -0.2) is 4.68 Å². The van der Waals surface area contributed by atoms with Gasteiger partial charge in [-0.1, -0.05) is 0 Å². The molecule has 36 heavy (non-hydrogen) atoms. The molecule has 4 saturated carbocycles. The predicted molar refractivity (Wildman–Crippen MR) is 123 cm³/mol. The van der Waals surface area contributed by atoms with Gasteiger partial charge in [0.1, 0.15) is 17.1 Å². The molecule has 1 aliphatic heterocycles. The Kier molecular flexibility index (Phi) is 4.66. The number of aromatic nitrogens is 4. The maximum Gasteiger partial charge on any atom is 0.410 e. The topological polar surface area (TPSA) is 89.9 Å². The SMILES string of the molecule is O=C(Nc1cnn(C23CC4CC(CC(C4)C2)C3)c1)c1cnn2c1N[C@H](c1ccco1)C[C@@H]2C(F)(F)F. The summed E-state index contributed by atoms with van der Waals surface area (Å²) >= 11 is 0. The Morgan fingerprint density at radius 3 is 2.44 bits per heavy atom. The number of hydrogen-bond acceptors (Lipinski definition) is 5. The van der Waals surface area contributed by atoms with E-state index in [1.165, 1.54) is 31.7 Å². The average molecular weight is 501 g/mol. The van der Waals surface area contributed by atoms with Crippen molar-refractivity contribution in [2.24, 2.45) is 17.8 Å². The van der Waals surface area contributed by atoms with Crippen LogP contribution in [0.1, 0.15) is 73.1 Å². The van der Waals surface area contributed by atoms with Crippen molar-refractivity contribution in [3.8, 4) is 0 Å². The Morgan fingerprint density at radius 1 is 1.08 bits per heavy atom. The molecule has 11 heteroatoms. The summed E-state index contributed by atoms with van der Waals surface area (Å²) in [6, 6.07) is 0.640. The fourth-order valence-electron chi connectivity index (χ4n) is 7.60. The summed E-state index contributed by atoms with van der Waals surface area (Å²) in [4.78, 5) is 13.2. The van der Waals surface area contributed by atoms with Crippen LogP contribution < -0.4 is 10.6 Å². The molecule has 4 aliphatic carbocycles. The third kappa shape index (κ3) is 3.46. The van der Waals surface area contributed by atoms with Crippen molar-refractivity contribution >= 4 is 17.4 Å². The van der Waals surface area contributed by atoms with Crippen LogP contribution in [0.5, 0.6) is 0 Å². The van der Waals surface area contributed by atoms with E-state index in [1.807, 2.05) is 10.9 Å². The van der Waals surface area contributed by atoms with E-state index in [-0.39, 0.29) is 23.3 Å². The fourth-order valence-corrected chi connectivity index (χ4v) is 7.60. The molecule has 0 radical (unpaired) electrons. The molecule has 190 valence electrons. The number of carbonyl (C=O) groups is 1. The van der Waals surface area contributed by atoms with Crippen LogP contribution in [0.15, 0.2) is 41.4 Å². The third-order valence-corrected chi connectivity index (χ3v) is 8.70. The second-order valence-corrected chi connectivity index (χ2v) is 11.1. The zero-order chi connectivity index (χ0) is 24.7. The van der Waals surface area contributed by atoms with E-state index in [2.05, 4.69) is 20.8 Å². The van der Waals surface area contributed by atoms with Crippen LogP contribution in [0.2, 0.25) is 0 Å². The minimum absolute atomic E-state index is 0.0202. The monoisotopic (exact) mass is 500 g/mol. The molecule has 5 aliphatic rings. The fraction of sp³-hybridized carbons (Fsp3) is 0.560. The molecule has 8 nitrogen and oxygen atoms in total. The zero-order valence-corrected chi connectivity index (χ0v) is 19.5. The van der Waals surface area contributed by atoms with E-state index < -0.39 is 24.2 Å². The third-order valence-electron chi connectivity index (χ3n) is 8.70. The van der Waals surface area contributed by atoms with Crippen molar-refractivity contribution in [2.75, 3.05) is 10.6 Å². The first-order chi connectivity index (χ1) is 17.3. The number of amides is 1. The number of hydrogen-bond donors (Lipinski definition) is 2. The van der Waals surface area contributed by atoms with E-state index >= 15 is 0 Å². The number of halogens is 3. The predicted octanol–water partition coefficient (Wildman–Crippen LogP) is 5.51. The molecule has 0 unspecified atom stereocenters. The number of rotatable bonds is 4. The van der Waals surface area contributed by atoms with Gasteiger partial charge in [-0.05, 0) is 68.4 Å². The minimum atomic E-state index is -4.53. The lowest BCUT2D eigenvalue weighted by Crippen LogP contribution is -2.52. The van der Waals surface area contributed by atoms with Gasteiger partial charge in [0.05, 0.1) is 35.9 Å². The number of anilines is 2. The molecule has 4 heterocycles. The lowest BCUT2D eigenvalue weighted by atomic mass is 9.53. The van der Waals surface area contributed by atoms with Crippen LogP contribution >= 0.6 is 0 Å². The number of nitrogens with zero attached hydrogens (tertiary/aromatic N) is 4. The second-order valence-electron chi connectivity index (χ2n) is 11.1. The van der Waals surface area contributed by atoms with Crippen molar-refractivity contribution < 1.29 is 22.4 Å². The summed E-state index contributed by atoms with van der Waals surface area (Å²) in [5, 5.41) is 14.4. The van der Waals surface area contributed by atoms with E-state index in [0.717, 1.165) is 41.7 Å². The van der Waals surface area contributed by atoms with Gasteiger partial charge < -0.3 is 15.1 Å². The van der Waals surface area contributed by atoms with Gasteiger partial charge in [0, 0.05) is 12.6 Å². The summed E-state index contributed by atoms with van der Waals surface area (Å²) in [5.74, 6) is 2.14. The highest BCUT2D eigenvalue weighted by Gasteiger charge is 2.52. The lowest BCUT2D eigenvalue weighted by Gasteiger charge is -2.56. The van der Waals surface area contributed by atoms with Gasteiger partial charge in [-0.15, -0.1) is 0 Å². The van der Waals surface area contributed by atoms with E-state index in [9.17, 15) is 18.0 Å². The summed E-state index contributed by atoms with van der Waals surface area (Å²) in [7, 11) is 0. The molecule has 3 aromatic heterocycles. The Bertz CT molecular complexity index is 1260. The van der Waals surface area contributed by atoms with Gasteiger partial charge in [0.25, 0.3) is 5.91 Å². The van der Waals surface area contributed by atoms with Crippen LogP contribution in [-0.4, -0.2) is 31.6 Å². The molecule has 0 saturated heterocycles. The minimum Gasteiger partial charge on any atom is -0.467 e. The maximum absolute atomic E-state index is 13.9. The zero-order valence-electron chi connectivity index (χ0n) is 19.5. The van der Waals surface area contributed by atoms with Crippen LogP contribution in [0.25, 0.3) is 0 Å². The van der Waals surface area contributed by atoms with Crippen LogP contribution in [-0.2, 0) is 5.54 Å². The Labute approximate surface area is 205 Å². The highest BCUT2D eigenvalue weighted by atomic mass is 19.4.